The Labute approximate surface area is 128 Å². The number of benzene rings is 2. The fourth-order valence-electron chi connectivity index (χ4n) is 2.83. The maximum atomic E-state index is 14.3. The number of halogens is 2. The first kappa shape index (κ1) is 14.5. The summed E-state index contributed by atoms with van der Waals surface area (Å²) in [7, 11) is 0. The first-order valence-corrected chi connectivity index (χ1v) is 7.33. The Morgan fingerprint density at radius 2 is 1.73 bits per heavy atom. The summed E-state index contributed by atoms with van der Waals surface area (Å²) in [5.74, 6) is -0.491. The van der Waals surface area contributed by atoms with E-state index in [1.807, 2.05) is 6.07 Å². The fourth-order valence-corrected chi connectivity index (χ4v) is 2.83. The third-order valence-electron chi connectivity index (χ3n) is 3.94. The van der Waals surface area contributed by atoms with Crippen LogP contribution < -0.4 is 4.74 Å². The first-order valence-electron chi connectivity index (χ1n) is 7.33. The highest BCUT2D eigenvalue weighted by atomic mass is 19.1. The van der Waals surface area contributed by atoms with Crippen molar-refractivity contribution in [3.63, 3.8) is 0 Å². The van der Waals surface area contributed by atoms with Crippen LogP contribution >= 0.6 is 0 Å². The summed E-state index contributed by atoms with van der Waals surface area (Å²) in [5.41, 5.74) is 0.771. The number of ether oxygens (including phenoxy) is 1. The molecule has 0 saturated heterocycles. The van der Waals surface area contributed by atoms with Crippen LogP contribution in [0, 0.1) is 23.0 Å². The average Bonchev–Trinajstić information content (AvgIpc) is 3.01. The van der Waals surface area contributed by atoms with E-state index in [1.165, 1.54) is 18.2 Å². The lowest BCUT2D eigenvalue weighted by molar-refractivity contribution is 0.209. The topological polar surface area (TPSA) is 33.0 Å². The maximum absolute atomic E-state index is 14.3. The molecular weight excluding hydrogens is 284 g/mol. The fraction of sp³-hybridized carbons (Fsp3) is 0.278. The molecule has 4 heteroatoms. The number of hydrogen-bond donors (Lipinski definition) is 0. The summed E-state index contributed by atoms with van der Waals surface area (Å²) in [6.45, 7) is 0. The van der Waals surface area contributed by atoms with E-state index in [4.69, 9.17) is 10.00 Å². The summed E-state index contributed by atoms with van der Waals surface area (Å²) in [6.07, 6.45) is 4.45. The van der Waals surface area contributed by atoms with Gasteiger partial charge in [-0.2, -0.15) is 5.26 Å². The molecule has 0 unspecified atom stereocenters. The SMILES string of the molecule is N#Cc1cc(F)ccc1-c1ccc(OC2CCCC2)cc1F. The molecule has 2 nitrogen and oxygen atoms in total. The highest BCUT2D eigenvalue weighted by Crippen LogP contribution is 2.31. The molecule has 0 amide bonds. The van der Waals surface area contributed by atoms with Gasteiger partial charge in [-0.15, -0.1) is 0 Å². The van der Waals surface area contributed by atoms with Gasteiger partial charge >= 0.3 is 0 Å². The van der Waals surface area contributed by atoms with Gasteiger partial charge in [0.15, 0.2) is 0 Å². The van der Waals surface area contributed by atoms with Crippen molar-refractivity contribution < 1.29 is 13.5 Å². The monoisotopic (exact) mass is 299 g/mol. The number of hydrogen-bond acceptors (Lipinski definition) is 2. The maximum Gasteiger partial charge on any atom is 0.134 e. The molecular formula is C18H15F2NO. The molecule has 0 N–H and O–H groups in total. The lowest BCUT2D eigenvalue weighted by Crippen LogP contribution is -2.10. The Balaban J connectivity index is 1.90. The molecule has 112 valence electrons. The largest absolute Gasteiger partial charge is 0.490 e. The van der Waals surface area contributed by atoms with E-state index in [0.29, 0.717) is 11.3 Å². The Morgan fingerprint density at radius 1 is 1.00 bits per heavy atom. The van der Waals surface area contributed by atoms with Crippen LogP contribution in [0.5, 0.6) is 5.75 Å². The van der Waals surface area contributed by atoms with Crippen molar-refractivity contribution >= 4 is 0 Å². The number of nitrogens with zero attached hydrogens (tertiary/aromatic N) is 1. The molecule has 0 heterocycles. The van der Waals surface area contributed by atoms with E-state index in [2.05, 4.69) is 0 Å². The predicted molar refractivity (Wildman–Crippen MR) is 79.4 cm³/mol. The zero-order chi connectivity index (χ0) is 15.5. The van der Waals surface area contributed by atoms with E-state index in [0.717, 1.165) is 31.7 Å². The van der Waals surface area contributed by atoms with E-state index in [1.54, 1.807) is 12.1 Å². The van der Waals surface area contributed by atoms with Crippen LogP contribution in [0.2, 0.25) is 0 Å². The van der Waals surface area contributed by atoms with Crippen molar-refractivity contribution in [3.8, 4) is 22.9 Å². The molecule has 0 spiro atoms. The van der Waals surface area contributed by atoms with Gasteiger partial charge in [0.25, 0.3) is 0 Å². The smallest absolute Gasteiger partial charge is 0.134 e. The van der Waals surface area contributed by atoms with Crippen molar-refractivity contribution in [2.24, 2.45) is 0 Å². The average molecular weight is 299 g/mol. The molecule has 0 radical (unpaired) electrons. The minimum Gasteiger partial charge on any atom is -0.490 e. The Hall–Kier alpha value is -2.41. The molecule has 0 bridgehead atoms. The minimum atomic E-state index is -0.512. The zero-order valence-corrected chi connectivity index (χ0v) is 12.0. The third kappa shape index (κ3) is 2.94. The number of nitriles is 1. The lowest BCUT2D eigenvalue weighted by atomic mass is 9.99. The molecule has 0 aliphatic heterocycles. The van der Waals surface area contributed by atoms with Crippen molar-refractivity contribution in [2.45, 2.75) is 31.8 Å². The van der Waals surface area contributed by atoms with E-state index in [9.17, 15) is 8.78 Å². The Morgan fingerprint density at radius 3 is 2.41 bits per heavy atom. The van der Waals surface area contributed by atoms with E-state index in [-0.39, 0.29) is 17.2 Å². The van der Waals surface area contributed by atoms with Gasteiger partial charge in [0, 0.05) is 17.2 Å². The number of rotatable bonds is 3. The molecule has 2 aromatic carbocycles. The normalized spacial score (nSPS) is 14.8. The Kier molecular flexibility index (Phi) is 4.06. The third-order valence-corrected chi connectivity index (χ3v) is 3.94. The molecule has 1 saturated carbocycles. The van der Waals surface area contributed by atoms with Gasteiger partial charge in [0.1, 0.15) is 17.4 Å². The van der Waals surface area contributed by atoms with Crippen LogP contribution in [0.15, 0.2) is 36.4 Å². The molecule has 22 heavy (non-hydrogen) atoms. The standard InChI is InChI=1S/C18H15F2NO/c19-13-5-7-16(12(9-13)11-21)17-8-6-15(10-18(17)20)22-14-3-1-2-4-14/h5-10,14H,1-4H2. The second-order valence-electron chi connectivity index (χ2n) is 5.47. The highest BCUT2D eigenvalue weighted by Gasteiger charge is 2.18. The van der Waals surface area contributed by atoms with Crippen molar-refractivity contribution in [1.29, 1.82) is 5.26 Å². The van der Waals surface area contributed by atoms with E-state index < -0.39 is 11.6 Å². The predicted octanol–water partition coefficient (Wildman–Crippen LogP) is 4.82. The summed E-state index contributed by atoms with van der Waals surface area (Å²) in [5, 5.41) is 9.08. The van der Waals surface area contributed by atoms with Crippen LogP contribution in [0.3, 0.4) is 0 Å². The molecule has 0 aromatic heterocycles. The van der Waals surface area contributed by atoms with Gasteiger partial charge in [-0.3, -0.25) is 0 Å². The molecule has 2 aromatic rings. The summed E-state index contributed by atoms with van der Waals surface area (Å²) in [6, 6.07) is 10.3. The lowest BCUT2D eigenvalue weighted by Gasteiger charge is -2.14. The minimum absolute atomic E-state index is 0.114. The molecule has 3 rings (SSSR count). The highest BCUT2D eigenvalue weighted by molar-refractivity contribution is 5.71. The van der Waals surface area contributed by atoms with Crippen LogP contribution in [0.1, 0.15) is 31.2 Å². The molecule has 1 aliphatic carbocycles. The van der Waals surface area contributed by atoms with Crippen LogP contribution in [-0.4, -0.2) is 6.10 Å². The Bertz CT molecular complexity index is 730. The van der Waals surface area contributed by atoms with Gasteiger partial charge in [-0.1, -0.05) is 6.07 Å². The van der Waals surface area contributed by atoms with Gasteiger partial charge in [-0.25, -0.2) is 8.78 Å². The quantitative estimate of drug-likeness (QED) is 0.813. The zero-order valence-electron chi connectivity index (χ0n) is 12.0. The first-order chi connectivity index (χ1) is 10.7. The van der Waals surface area contributed by atoms with Crippen LogP contribution in [-0.2, 0) is 0 Å². The van der Waals surface area contributed by atoms with Crippen molar-refractivity contribution in [3.05, 3.63) is 53.6 Å². The van der Waals surface area contributed by atoms with Crippen molar-refractivity contribution in [2.75, 3.05) is 0 Å². The van der Waals surface area contributed by atoms with E-state index >= 15 is 0 Å². The van der Waals surface area contributed by atoms with Gasteiger partial charge in [0.2, 0.25) is 0 Å². The molecule has 1 fully saturated rings. The molecule has 1 aliphatic rings. The van der Waals surface area contributed by atoms with Gasteiger partial charge < -0.3 is 4.74 Å². The summed E-state index contributed by atoms with van der Waals surface area (Å²) in [4.78, 5) is 0. The van der Waals surface area contributed by atoms with Crippen LogP contribution in [0.4, 0.5) is 8.78 Å². The van der Waals surface area contributed by atoms with Gasteiger partial charge in [0.05, 0.1) is 17.7 Å². The van der Waals surface area contributed by atoms with Crippen molar-refractivity contribution in [1.82, 2.24) is 0 Å². The summed E-state index contributed by atoms with van der Waals surface area (Å²) < 4.78 is 33.3. The second-order valence-corrected chi connectivity index (χ2v) is 5.47. The van der Waals surface area contributed by atoms with Crippen LogP contribution in [0.25, 0.3) is 11.1 Å². The summed E-state index contributed by atoms with van der Waals surface area (Å²) >= 11 is 0. The second kappa shape index (κ2) is 6.15. The molecule has 0 atom stereocenters. The van der Waals surface area contributed by atoms with Gasteiger partial charge in [-0.05, 0) is 49.9 Å².